The van der Waals surface area contributed by atoms with Crippen molar-refractivity contribution in [3.05, 3.63) is 29.8 Å². The Morgan fingerprint density at radius 3 is 2.59 bits per heavy atom. The monoisotopic (exact) mass is 304 g/mol. The molecule has 22 heavy (non-hydrogen) atoms. The van der Waals surface area contributed by atoms with Crippen LogP contribution < -0.4 is 5.32 Å². The number of benzene rings is 1. The zero-order valence-electron chi connectivity index (χ0n) is 13.0. The minimum absolute atomic E-state index is 0.0592. The highest BCUT2D eigenvalue weighted by atomic mass is 16.5. The number of ether oxygens (including phenoxy) is 1. The van der Waals surface area contributed by atoms with Crippen LogP contribution in [0.3, 0.4) is 0 Å². The summed E-state index contributed by atoms with van der Waals surface area (Å²) in [6, 6.07) is 7.22. The number of amides is 1. The first-order chi connectivity index (χ1) is 10.6. The lowest BCUT2D eigenvalue weighted by Gasteiger charge is -2.37. The Bertz CT molecular complexity index is 509. The molecule has 1 aromatic carbocycles. The van der Waals surface area contributed by atoms with Gasteiger partial charge in [0.1, 0.15) is 11.8 Å². The first kappa shape index (κ1) is 15.3. The van der Waals surface area contributed by atoms with Gasteiger partial charge in [-0.05, 0) is 43.4 Å². The van der Waals surface area contributed by atoms with Gasteiger partial charge in [-0.15, -0.1) is 0 Å². The second-order valence-corrected chi connectivity index (χ2v) is 6.20. The number of aromatic hydroxyl groups is 1. The van der Waals surface area contributed by atoms with Crippen LogP contribution in [0, 0.1) is 0 Å². The maximum atomic E-state index is 12.6. The molecule has 0 aromatic heterocycles. The molecule has 1 aromatic rings. The number of piperidine rings is 1. The highest BCUT2D eigenvalue weighted by Crippen LogP contribution is 2.29. The van der Waals surface area contributed by atoms with E-state index in [2.05, 4.69) is 5.32 Å². The molecule has 2 heterocycles. The average Bonchev–Trinajstić information content (AvgIpc) is 2.56. The van der Waals surface area contributed by atoms with Crippen LogP contribution in [-0.2, 0) is 9.53 Å². The van der Waals surface area contributed by atoms with E-state index in [1.807, 2.05) is 24.0 Å². The molecule has 2 N–H and O–H groups in total. The Labute approximate surface area is 131 Å². The second-order valence-electron chi connectivity index (χ2n) is 6.20. The van der Waals surface area contributed by atoms with E-state index >= 15 is 0 Å². The molecule has 0 saturated carbocycles. The zero-order valence-corrected chi connectivity index (χ0v) is 13.0. The van der Waals surface area contributed by atoms with Crippen molar-refractivity contribution in [2.75, 3.05) is 26.2 Å². The fourth-order valence-electron chi connectivity index (χ4n) is 3.39. The van der Waals surface area contributed by atoms with E-state index in [1.54, 1.807) is 12.1 Å². The number of rotatable bonds is 2. The van der Waals surface area contributed by atoms with E-state index in [-0.39, 0.29) is 18.1 Å². The van der Waals surface area contributed by atoms with Crippen molar-refractivity contribution >= 4 is 5.91 Å². The van der Waals surface area contributed by atoms with Crippen molar-refractivity contribution in [1.29, 1.82) is 0 Å². The number of nitrogens with one attached hydrogen (secondary N) is 1. The summed E-state index contributed by atoms with van der Waals surface area (Å²) in [5.41, 5.74) is 1.25. The van der Waals surface area contributed by atoms with Crippen molar-refractivity contribution < 1.29 is 14.6 Å². The third kappa shape index (κ3) is 3.25. The summed E-state index contributed by atoms with van der Waals surface area (Å²) in [6.45, 7) is 4.95. The zero-order chi connectivity index (χ0) is 15.5. The number of hydrogen-bond acceptors (Lipinski definition) is 4. The predicted octanol–water partition coefficient (Wildman–Crippen LogP) is 1.48. The van der Waals surface area contributed by atoms with Crippen LogP contribution in [-0.4, -0.2) is 54.3 Å². The maximum absolute atomic E-state index is 12.6. The second kappa shape index (κ2) is 6.67. The average molecular weight is 304 g/mol. The van der Waals surface area contributed by atoms with Crippen LogP contribution in [0.5, 0.6) is 5.75 Å². The number of nitrogens with zero attached hydrogens (tertiary/aromatic N) is 1. The molecule has 2 aliphatic heterocycles. The summed E-state index contributed by atoms with van der Waals surface area (Å²) in [5, 5.41) is 12.6. The molecule has 2 atom stereocenters. The van der Waals surface area contributed by atoms with Crippen molar-refractivity contribution in [3.8, 4) is 5.75 Å². The van der Waals surface area contributed by atoms with Crippen LogP contribution in [0.2, 0.25) is 0 Å². The van der Waals surface area contributed by atoms with Crippen LogP contribution in [0.25, 0.3) is 0 Å². The Morgan fingerprint density at radius 1 is 1.27 bits per heavy atom. The van der Waals surface area contributed by atoms with Crippen LogP contribution in [0.4, 0.5) is 0 Å². The minimum Gasteiger partial charge on any atom is -0.508 e. The van der Waals surface area contributed by atoms with E-state index in [4.69, 9.17) is 4.74 Å². The van der Waals surface area contributed by atoms with Gasteiger partial charge in [0, 0.05) is 19.6 Å². The first-order valence-electron chi connectivity index (χ1n) is 8.08. The number of morpholine rings is 1. The lowest BCUT2D eigenvalue weighted by atomic mass is 9.89. The fraction of sp³-hybridized carbons (Fsp3) is 0.588. The number of likely N-dealkylation sites (tertiary alicyclic amines) is 1. The molecule has 5 heteroatoms. The summed E-state index contributed by atoms with van der Waals surface area (Å²) in [4.78, 5) is 14.6. The van der Waals surface area contributed by atoms with E-state index in [0.29, 0.717) is 18.3 Å². The number of hydrogen-bond donors (Lipinski definition) is 2. The topological polar surface area (TPSA) is 61.8 Å². The van der Waals surface area contributed by atoms with Gasteiger partial charge in [0.2, 0.25) is 5.91 Å². The largest absolute Gasteiger partial charge is 0.508 e. The molecule has 0 radical (unpaired) electrons. The molecule has 2 aliphatic rings. The Kier molecular flexibility index (Phi) is 4.64. The highest BCUT2D eigenvalue weighted by Gasteiger charge is 2.33. The van der Waals surface area contributed by atoms with Gasteiger partial charge in [-0.3, -0.25) is 4.79 Å². The Morgan fingerprint density at radius 2 is 1.95 bits per heavy atom. The van der Waals surface area contributed by atoms with Gasteiger partial charge in [0.05, 0.1) is 12.7 Å². The Hall–Kier alpha value is -1.59. The summed E-state index contributed by atoms with van der Waals surface area (Å²) in [6.07, 6.45) is 1.88. The summed E-state index contributed by atoms with van der Waals surface area (Å²) in [7, 11) is 0. The fourth-order valence-corrected chi connectivity index (χ4v) is 3.39. The SMILES string of the molecule is C[C@H]1OCCN[C@@H]1C(=O)N1CCC(c2ccc(O)cc2)CC1. The van der Waals surface area contributed by atoms with Crippen LogP contribution in [0.15, 0.2) is 24.3 Å². The van der Waals surface area contributed by atoms with Gasteiger partial charge >= 0.3 is 0 Å². The third-order valence-corrected chi connectivity index (χ3v) is 4.75. The molecule has 0 spiro atoms. The molecule has 0 aliphatic carbocycles. The molecule has 5 nitrogen and oxygen atoms in total. The Balaban J connectivity index is 1.57. The van der Waals surface area contributed by atoms with Gasteiger partial charge in [-0.25, -0.2) is 0 Å². The molecule has 3 rings (SSSR count). The lowest BCUT2D eigenvalue weighted by molar-refractivity contribution is -0.140. The lowest BCUT2D eigenvalue weighted by Crippen LogP contribution is -2.57. The molecular formula is C17H24N2O3. The van der Waals surface area contributed by atoms with Crippen molar-refractivity contribution in [1.82, 2.24) is 10.2 Å². The minimum atomic E-state index is -0.209. The number of carbonyl (C=O) groups excluding carboxylic acids is 1. The van der Waals surface area contributed by atoms with Crippen molar-refractivity contribution in [2.24, 2.45) is 0 Å². The van der Waals surface area contributed by atoms with Gasteiger partial charge in [0.15, 0.2) is 0 Å². The van der Waals surface area contributed by atoms with Gasteiger partial charge in [0.25, 0.3) is 0 Å². The molecule has 2 fully saturated rings. The van der Waals surface area contributed by atoms with Gasteiger partial charge in [-0.2, -0.15) is 0 Å². The number of carbonyl (C=O) groups is 1. The van der Waals surface area contributed by atoms with E-state index in [1.165, 1.54) is 5.56 Å². The molecule has 0 bridgehead atoms. The predicted molar refractivity (Wildman–Crippen MR) is 83.9 cm³/mol. The van der Waals surface area contributed by atoms with E-state index in [9.17, 15) is 9.90 Å². The smallest absolute Gasteiger partial charge is 0.242 e. The normalized spacial score (nSPS) is 26.9. The molecule has 0 unspecified atom stereocenters. The summed E-state index contributed by atoms with van der Waals surface area (Å²) >= 11 is 0. The van der Waals surface area contributed by atoms with Crippen LogP contribution in [0.1, 0.15) is 31.2 Å². The summed E-state index contributed by atoms with van der Waals surface area (Å²) in [5.74, 6) is 0.933. The quantitative estimate of drug-likeness (QED) is 0.869. The highest BCUT2D eigenvalue weighted by molar-refractivity contribution is 5.82. The first-order valence-corrected chi connectivity index (χ1v) is 8.08. The van der Waals surface area contributed by atoms with Gasteiger partial charge in [-0.1, -0.05) is 12.1 Å². The third-order valence-electron chi connectivity index (χ3n) is 4.75. The molecule has 1 amide bonds. The molecule has 120 valence electrons. The number of phenols is 1. The van der Waals surface area contributed by atoms with Crippen LogP contribution >= 0.6 is 0 Å². The van der Waals surface area contributed by atoms with Crippen molar-refractivity contribution in [2.45, 2.75) is 37.8 Å². The number of phenolic OH excluding ortho intramolecular Hbond substituents is 1. The molecule has 2 saturated heterocycles. The molecular weight excluding hydrogens is 280 g/mol. The van der Waals surface area contributed by atoms with Crippen molar-refractivity contribution in [3.63, 3.8) is 0 Å². The standard InChI is InChI=1S/C17H24N2O3/c1-12-16(18-8-11-22-12)17(21)19-9-6-14(7-10-19)13-2-4-15(20)5-3-13/h2-5,12,14,16,18,20H,6-11H2,1H3/t12-,16+/m1/s1. The maximum Gasteiger partial charge on any atom is 0.242 e. The van der Waals surface area contributed by atoms with Gasteiger partial charge < -0.3 is 20.1 Å². The van der Waals surface area contributed by atoms with E-state index < -0.39 is 0 Å². The summed E-state index contributed by atoms with van der Waals surface area (Å²) < 4.78 is 5.57. The van der Waals surface area contributed by atoms with E-state index in [0.717, 1.165) is 32.5 Å².